The molecule has 0 bridgehead atoms. The normalized spacial score (nSPS) is 21.2. The second-order valence-electron chi connectivity index (χ2n) is 20.7. The molecule has 4 saturated heterocycles. The number of likely N-dealkylation sites (tertiary alicyclic amines) is 4. The summed E-state index contributed by atoms with van der Waals surface area (Å²) in [5.74, 6) is -0.376. The lowest BCUT2D eigenvalue weighted by Crippen LogP contribution is -2.41. The van der Waals surface area contributed by atoms with E-state index < -0.39 is 32.5 Å². The standard InChI is InChI=1S/C14H23NO4.C13H23NO5S.C11H19NO3.C10H19NO3/c1-5-18-12(16)9-8-11-7-6-10-15(11)13(17)19-14(2,3)4;1-13(2,3)19-12(15)14-9-5-7-11(14)8-6-10-18-20(4,16)17;1-11(2,3)15-10(14)12-7-4-5-9(12)6-8-13;1-10(2,3)14-9(13)11-6-4-5-8(11)7-12/h8-9,11H,5-7,10H2,1-4H3;6,8,11H,5,7,9-10H2,1-4H3;6,8-9,13H,4-5,7H2,1-3H3;8,12H,4-7H2,1-3H3/b9-8+;2*8-6+;/t2*11-;9-;8-/m0000/s1. The van der Waals surface area contributed by atoms with Gasteiger partial charge in [-0.2, -0.15) is 8.42 Å². The van der Waals surface area contributed by atoms with E-state index in [-0.39, 0.29) is 67.7 Å². The van der Waals surface area contributed by atoms with Gasteiger partial charge in [0, 0.05) is 32.3 Å². The van der Waals surface area contributed by atoms with E-state index in [9.17, 15) is 32.4 Å². The molecule has 0 unspecified atom stereocenters. The van der Waals surface area contributed by atoms with Gasteiger partial charge in [-0.1, -0.05) is 18.2 Å². The molecule has 2 N–H and O–H groups in total. The van der Waals surface area contributed by atoms with Crippen LogP contribution in [0.2, 0.25) is 0 Å². The maximum Gasteiger partial charge on any atom is 0.410 e. The first kappa shape index (κ1) is 61.5. The van der Waals surface area contributed by atoms with Crippen molar-refractivity contribution in [3.8, 4) is 0 Å². The van der Waals surface area contributed by atoms with Crippen LogP contribution in [0.5, 0.6) is 0 Å². The van der Waals surface area contributed by atoms with Crippen LogP contribution >= 0.6 is 0 Å². The van der Waals surface area contributed by atoms with E-state index in [1.54, 1.807) is 50.8 Å². The molecule has 392 valence electrons. The number of carbonyl (C=O) groups excluding carboxylic acids is 5. The van der Waals surface area contributed by atoms with Gasteiger partial charge in [0.05, 0.1) is 56.5 Å². The molecule has 0 aromatic rings. The van der Waals surface area contributed by atoms with Crippen molar-refractivity contribution in [1.82, 2.24) is 19.6 Å². The predicted octanol–water partition coefficient (Wildman–Crippen LogP) is 8.26. The molecule has 0 aliphatic carbocycles. The smallest absolute Gasteiger partial charge is 0.410 e. The average molecular weight is 989 g/mol. The minimum absolute atomic E-state index is 0.0164. The Kier molecular flexibility index (Phi) is 25.5. The van der Waals surface area contributed by atoms with Gasteiger partial charge in [-0.05, 0) is 147 Å². The lowest BCUT2D eigenvalue weighted by Gasteiger charge is -2.27. The van der Waals surface area contributed by atoms with Crippen molar-refractivity contribution in [3.63, 3.8) is 0 Å². The fraction of sp³-hybridized carbons (Fsp3) is 0.771. The minimum Gasteiger partial charge on any atom is -0.516 e. The van der Waals surface area contributed by atoms with Gasteiger partial charge >= 0.3 is 30.3 Å². The molecular weight excluding hydrogens is 905 g/mol. The van der Waals surface area contributed by atoms with Crippen LogP contribution in [0, 0.1) is 0 Å². The topological polar surface area (TPSA) is 228 Å². The molecule has 4 aliphatic rings. The number of aliphatic hydroxyl groups excluding tert-OH is 2. The van der Waals surface area contributed by atoms with Gasteiger partial charge in [-0.3, -0.25) is 4.18 Å². The van der Waals surface area contributed by atoms with E-state index in [1.165, 1.54) is 6.08 Å². The Morgan fingerprint density at radius 1 is 0.574 bits per heavy atom. The zero-order valence-electron chi connectivity index (χ0n) is 43.3. The summed E-state index contributed by atoms with van der Waals surface area (Å²) < 4.78 is 52.2. The van der Waals surface area contributed by atoms with Crippen LogP contribution in [-0.4, -0.2) is 167 Å². The number of carbonyl (C=O) groups is 5. The van der Waals surface area contributed by atoms with Crippen LogP contribution < -0.4 is 0 Å². The number of hydrogen-bond donors (Lipinski definition) is 2. The Bertz CT molecular complexity index is 1790. The summed E-state index contributed by atoms with van der Waals surface area (Å²) in [6.45, 7) is 26.9. The minimum atomic E-state index is -3.43. The fourth-order valence-electron chi connectivity index (χ4n) is 7.06. The summed E-state index contributed by atoms with van der Waals surface area (Å²) >= 11 is 0. The van der Waals surface area contributed by atoms with E-state index in [0.29, 0.717) is 32.8 Å². The van der Waals surface area contributed by atoms with E-state index in [2.05, 4.69) is 4.18 Å². The summed E-state index contributed by atoms with van der Waals surface area (Å²) in [4.78, 5) is 65.2. The van der Waals surface area contributed by atoms with Gasteiger partial charge in [-0.25, -0.2) is 24.0 Å². The third-order valence-electron chi connectivity index (χ3n) is 9.78. The van der Waals surface area contributed by atoms with Crippen molar-refractivity contribution in [2.24, 2.45) is 0 Å². The van der Waals surface area contributed by atoms with E-state index in [4.69, 9.17) is 33.9 Å². The van der Waals surface area contributed by atoms with E-state index in [1.807, 2.05) is 83.1 Å². The van der Waals surface area contributed by atoms with Crippen LogP contribution in [0.1, 0.15) is 141 Å². The summed E-state index contributed by atoms with van der Waals surface area (Å²) in [6, 6.07) is -0.220. The first-order chi connectivity index (χ1) is 31.3. The molecule has 4 amide bonds. The molecule has 0 aromatic carbocycles. The van der Waals surface area contributed by atoms with Gasteiger partial charge < -0.3 is 53.5 Å². The third kappa shape index (κ3) is 26.3. The highest BCUT2D eigenvalue weighted by molar-refractivity contribution is 7.86. The number of esters is 1. The van der Waals surface area contributed by atoms with Crippen LogP contribution in [0.4, 0.5) is 19.2 Å². The predicted molar refractivity (Wildman–Crippen MR) is 258 cm³/mol. The molecule has 0 saturated carbocycles. The summed E-state index contributed by atoms with van der Waals surface area (Å²) in [6.07, 6.45) is 16.0. The van der Waals surface area contributed by atoms with Crippen molar-refractivity contribution >= 4 is 40.5 Å². The fourth-order valence-corrected chi connectivity index (χ4v) is 7.39. The first-order valence-corrected chi connectivity index (χ1v) is 25.4. The molecule has 20 heteroatoms. The zero-order valence-corrected chi connectivity index (χ0v) is 44.1. The lowest BCUT2D eigenvalue weighted by atomic mass is 10.2. The molecule has 4 rings (SSSR count). The summed E-state index contributed by atoms with van der Waals surface area (Å²) in [7, 11) is -3.43. The van der Waals surface area contributed by atoms with Crippen molar-refractivity contribution in [2.45, 2.75) is 188 Å². The molecule has 68 heavy (non-hydrogen) atoms. The van der Waals surface area contributed by atoms with Crippen LogP contribution in [0.3, 0.4) is 0 Å². The van der Waals surface area contributed by atoms with Gasteiger partial charge in [0.15, 0.2) is 0 Å². The second kappa shape index (κ2) is 28.2. The van der Waals surface area contributed by atoms with E-state index in [0.717, 1.165) is 63.9 Å². The zero-order chi connectivity index (χ0) is 52.1. The Morgan fingerprint density at radius 2 is 0.926 bits per heavy atom. The SMILES string of the molecule is CC(C)(C)OC(=O)N1CCC[C@H]1/C=C/COS(C)(=O)=O.CC(C)(C)OC(=O)N1CCC[C@H]1/C=C/O.CC(C)(C)OC(=O)N1CCC[C@H]1CO.CCOC(=O)/C=C/[C@@H]1CCCN1C(=O)OC(C)(C)C. The highest BCUT2D eigenvalue weighted by Crippen LogP contribution is 2.25. The molecule has 19 nitrogen and oxygen atoms in total. The summed E-state index contributed by atoms with van der Waals surface area (Å²) in [5, 5.41) is 17.7. The quantitative estimate of drug-likeness (QED) is 0.0553. The Labute approximate surface area is 406 Å². The van der Waals surface area contributed by atoms with Crippen LogP contribution in [-0.2, 0) is 42.8 Å². The van der Waals surface area contributed by atoms with Crippen molar-refractivity contribution in [3.05, 3.63) is 36.6 Å². The highest BCUT2D eigenvalue weighted by Gasteiger charge is 2.34. The second-order valence-corrected chi connectivity index (χ2v) is 22.3. The van der Waals surface area contributed by atoms with Crippen LogP contribution in [0.15, 0.2) is 36.6 Å². The van der Waals surface area contributed by atoms with E-state index >= 15 is 0 Å². The molecule has 0 radical (unpaired) electrons. The third-order valence-corrected chi connectivity index (χ3v) is 10.3. The van der Waals surface area contributed by atoms with Gasteiger partial charge in [0.1, 0.15) is 22.4 Å². The maximum atomic E-state index is 12.0. The lowest BCUT2D eigenvalue weighted by molar-refractivity contribution is -0.137. The molecular formula is C48H84N4O15S. The average Bonchev–Trinajstić information content (AvgIpc) is 4.01. The Morgan fingerprint density at radius 3 is 1.28 bits per heavy atom. The number of nitrogens with zero attached hydrogens (tertiary/aromatic N) is 4. The number of ether oxygens (including phenoxy) is 5. The highest BCUT2D eigenvalue weighted by atomic mass is 32.2. The number of amides is 4. The van der Waals surface area contributed by atoms with Crippen LogP contribution in [0.25, 0.3) is 0 Å². The van der Waals surface area contributed by atoms with Gasteiger partial charge in [0.25, 0.3) is 10.1 Å². The maximum absolute atomic E-state index is 12.0. The van der Waals surface area contributed by atoms with Crippen molar-refractivity contribution in [1.29, 1.82) is 0 Å². The van der Waals surface area contributed by atoms with Crippen molar-refractivity contribution < 1.29 is 70.5 Å². The number of hydrogen-bond acceptors (Lipinski definition) is 15. The molecule has 4 atom stereocenters. The molecule has 0 spiro atoms. The molecule has 4 fully saturated rings. The van der Waals surface area contributed by atoms with Gasteiger partial charge in [-0.15, -0.1) is 0 Å². The first-order valence-electron chi connectivity index (χ1n) is 23.6. The molecule has 4 aliphatic heterocycles. The Hall–Kier alpha value is -4.56. The molecule has 4 heterocycles. The molecule has 0 aromatic heterocycles. The summed E-state index contributed by atoms with van der Waals surface area (Å²) in [5.41, 5.74) is -1.95. The van der Waals surface area contributed by atoms with Gasteiger partial charge in [0.2, 0.25) is 0 Å². The Balaban J connectivity index is 0.000000458. The monoisotopic (exact) mass is 989 g/mol. The largest absolute Gasteiger partial charge is 0.516 e. The van der Waals surface area contributed by atoms with Crippen molar-refractivity contribution in [2.75, 3.05) is 52.3 Å². The number of aliphatic hydroxyl groups is 2. The number of rotatable bonds is 9.